The van der Waals surface area contributed by atoms with Crippen LogP contribution in [0, 0.1) is 11.3 Å². The summed E-state index contributed by atoms with van der Waals surface area (Å²) in [6.07, 6.45) is 7.61. The minimum Gasteiger partial charge on any atom is -0.361 e. The number of nitrogens with one attached hydrogen (secondary N) is 1. The molecule has 0 radical (unpaired) electrons. The second kappa shape index (κ2) is 9.20. The lowest BCUT2D eigenvalue weighted by Crippen LogP contribution is -2.23. The molecule has 1 saturated carbocycles. The fourth-order valence-electron chi connectivity index (χ4n) is 2.54. The first-order chi connectivity index (χ1) is 10.2. The van der Waals surface area contributed by atoms with Gasteiger partial charge in [-0.25, -0.2) is 0 Å². The van der Waals surface area contributed by atoms with Gasteiger partial charge in [0.05, 0.1) is 11.6 Å². The first-order valence-corrected chi connectivity index (χ1v) is 7.84. The summed E-state index contributed by atoms with van der Waals surface area (Å²) in [5, 5.41) is 9.66. The van der Waals surface area contributed by atoms with E-state index in [2.05, 4.69) is 30.0 Å². The van der Waals surface area contributed by atoms with Gasteiger partial charge in [-0.2, -0.15) is 5.26 Å². The molecular weight excluding hydrogens is 258 g/mol. The Labute approximate surface area is 128 Å². The molecule has 3 rings (SSSR count). The van der Waals surface area contributed by atoms with Gasteiger partial charge in [-0.1, -0.05) is 26.7 Å². The molecule has 114 valence electrons. The highest BCUT2D eigenvalue weighted by Gasteiger charge is 2.15. The summed E-state index contributed by atoms with van der Waals surface area (Å²) in [7, 11) is 4.35. The Morgan fingerprint density at radius 1 is 1.14 bits per heavy atom. The van der Waals surface area contributed by atoms with E-state index < -0.39 is 0 Å². The van der Waals surface area contributed by atoms with Gasteiger partial charge in [-0.05, 0) is 51.2 Å². The Morgan fingerprint density at radius 2 is 1.81 bits per heavy atom. The van der Waals surface area contributed by atoms with Gasteiger partial charge < -0.3 is 9.88 Å². The van der Waals surface area contributed by atoms with Gasteiger partial charge in [0.2, 0.25) is 0 Å². The third-order valence-electron chi connectivity index (χ3n) is 3.74. The fourth-order valence-corrected chi connectivity index (χ4v) is 2.54. The number of aromatic amines is 1. The summed E-state index contributed by atoms with van der Waals surface area (Å²) in [6.45, 7) is 4.00. The average Bonchev–Trinajstić information content (AvgIpc) is 3.20. The zero-order valence-electron chi connectivity index (χ0n) is 13.7. The molecule has 1 aromatic carbocycles. The summed E-state index contributed by atoms with van der Waals surface area (Å²) in [5.41, 5.74) is 1.78. The molecule has 0 spiro atoms. The highest BCUT2D eigenvalue weighted by molar-refractivity contribution is 5.80. The van der Waals surface area contributed by atoms with Crippen molar-refractivity contribution in [1.82, 2.24) is 9.88 Å². The third kappa shape index (κ3) is 5.24. The molecule has 1 aliphatic carbocycles. The van der Waals surface area contributed by atoms with E-state index in [0.29, 0.717) is 5.56 Å². The van der Waals surface area contributed by atoms with Crippen molar-refractivity contribution in [3.63, 3.8) is 0 Å². The van der Waals surface area contributed by atoms with Gasteiger partial charge >= 0.3 is 0 Å². The molecule has 0 bridgehead atoms. The monoisotopic (exact) mass is 285 g/mol. The topological polar surface area (TPSA) is 42.8 Å². The lowest BCUT2D eigenvalue weighted by atomic mass is 10.2. The Morgan fingerprint density at radius 3 is 2.33 bits per heavy atom. The van der Waals surface area contributed by atoms with Crippen LogP contribution in [-0.4, -0.2) is 30.0 Å². The van der Waals surface area contributed by atoms with Crippen molar-refractivity contribution in [3.05, 3.63) is 36.0 Å². The normalized spacial score (nSPS) is 14.1. The van der Waals surface area contributed by atoms with Gasteiger partial charge in [0.25, 0.3) is 0 Å². The second-order valence-corrected chi connectivity index (χ2v) is 5.29. The summed E-state index contributed by atoms with van der Waals surface area (Å²) in [6, 6.07) is 10.5. The number of H-pyrrole nitrogens is 1. The van der Waals surface area contributed by atoms with Crippen LogP contribution in [0.4, 0.5) is 0 Å². The first kappa shape index (κ1) is 17.3. The van der Waals surface area contributed by atoms with Crippen molar-refractivity contribution in [2.24, 2.45) is 0 Å². The SMILES string of the molecule is CC.CN(C)C1CCCC1.N#Cc1ccc2[nH]ccc2c1. The maximum absolute atomic E-state index is 8.57. The molecule has 1 aliphatic rings. The number of aromatic nitrogens is 1. The number of hydrogen-bond donors (Lipinski definition) is 1. The van der Waals surface area contributed by atoms with Crippen molar-refractivity contribution in [2.75, 3.05) is 14.1 Å². The molecule has 1 fully saturated rings. The zero-order chi connectivity index (χ0) is 15.7. The van der Waals surface area contributed by atoms with Crippen molar-refractivity contribution in [3.8, 4) is 6.07 Å². The predicted octanol–water partition coefficient (Wildman–Crippen LogP) is 4.56. The summed E-state index contributed by atoms with van der Waals surface area (Å²) in [4.78, 5) is 5.40. The van der Waals surface area contributed by atoms with Crippen LogP contribution in [0.2, 0.25) is 0 Å². The van der Waals surface area contributed by atoms with Crippen molar-refractivity contribution < 1.29 is 0 Å². The predicted molar refractivity (Wildman–Crippen MR) is 90.3 cm³/mol. The number of hydrogen-bond acceptors (Lipinski definition) is 2. The Hall–Kier alpha value is -1.79. The quantitative estimate of drug-likeness (QED) is 0.835. The van der Waals surface area contributed by atoms with E-state index in [0.717, 1.165) is 16.9 Å². The molecule has 2 aromatic rings. The molecule has 1 N–H and O–H groups in total. The molecule has 0 saturated heterocycles. The van der Waals surface area contributed by atoms with Crippen LogP contribution < -0.4 is 0 Å². The molecule has 0 atom stereocenters. The lowest BCUT2D eigenvalue weighted by molar-refractivity contribution is 0.299. The van der Waals surface area contributed by atoms with Gasteiger partial charge in [0.15, 0.2) is 0 Å². The molecule has 1 heterocycles. The lowest BCUT2D eigenvalue weighted by Gasteiger charge is -2.17. The average molecular weight is 285 g/mol. The number of nitrogens with zero attached hydrogens (tertiary/aromatic N) is 2. The van der Waals surface area contributed by atoms with E-state index in [1.807, 2.05) is 38.2 Å². The largest absolute Gasteiger partial charge is 0.361 e. The molecule has 3 heteroatoms. The molecule has 0 aliphatic heterocycles. The van der Waals surface area contributed by atoms with Crippen LogP contribution in [0.5, 0.6) is 0 Å². The van der Waals surface area contributed by atoms with Gasteiger partial charge in [0, 0.05) is 23.1 Å². The highest BCUT2D eigenvalue weighted by Crippen LogP contribution is 2.20. The Kier molecular flexibility index (Phi) is 7.56. The minimum atomic E-state index is 0.706. The first-order valence-electron chi connectivity index (χ1n) is 7.84. The number of rotatable bonds is 1. The van der Waals surface area contributed by atoms with E-state index in [1.54, 1.807) is 6.07 Å². The van der Waals surface area contributed by atoms with Gasteiger partial charge in [-0.3, -0.25) is 0 Å². The van der Waals surface area contributed by atoms with E-state index in [4.69, 9.17) is 5.26 Å². The molecule has 0 amide bonds. The van der Waals surface area contributed by atoms with E-state index >= 15 is 0 Å². The van der Waals surface area contributed by atoms with Crippen molar-refractivity contribution in [2.45, 2.75) is 45.6 Å². The van der Waals surface area contributed by atoms with Crippen LogP contribution in [-0.2, 0) is 0 Å². The smallest absolute Gasteiger partial charge is 0.0991 e. The molecule has 0 unspecified atom stereocenters. The maximum atomic E-state index is 8.57. The molecular formula is C18H27N3. The molecule has 21 heavy (non-hydrogen) atoms. The summed E-state index contributed by atoms with van der Waals surface area (Å²) < 4.78 is 0. The van der Waals surface area contributed by atoms with Crippen LogP contribution in [0.3, 0.4) is 0 Å². The molecule has 1 aromatic heterocycles. The second-order valence-electron chi connectivity index (χ2n) is 5.29. The highest BCUT2D eigenvalue weighted by atomic mass is 15.1. The summed E-state index contributed by atoms with van der Waals surface area (Å²) in [5.74, 6) is 0. The fraction of sp³-hybridized carbons (Fsp3) is 0.500. The van der Waals surface area contributed by atoms with Gasteiger partial charge in [0.1, 0.15) is 0 Å². The van der Waals surface area contributed by atoms with Crippen LogP contribution in [0.15, 0.2) is 30.5 Å². The number of nitriles is 1. The Bertz CT molecular complexity index is 557. The van der Waals surface area contributed by atoms with Crippen LogP contribution >= 0.6 is 0 Å². The summed E-state index contributed by atoms with van der Waals surface area (Å²) >= 11 is 0. The third-order valence-corrected chi connectivity index (χ3v) is 3.74. The standard InChI is InChI=1S/C9H6N2.C7H15N.C2H6/c10-6-7-1-2-9-8(5-7)3-4-11-9;1-8(2)7-5-3-4-6-7;1-2/h1-5,11H;7H,3-6H2,1-2H3;1-2H3. The number of fused-ring (bicyclic) bond motifs is 1. The van der Waals surface area contributed by atoms with E-state index in [9.17, 15) is 0 Å². The van der Waals surface area contributed by atoms with Crippen molar-refractivity contribution >= 4 is 10.9 Å². The maximum Gasteiger partial charge on any atom is 0.0991 e. The van der Waals surface area contributed by atoms with Crippen molar-refractivity contribution in [1.29, 1.82) is 5.26 Å². The van der Waals surface area contributed by atoms with E-state index in [1.165, 1.54) is 25.7 Å². The van der Waals surface area contributed by atoms with E-state index in [-0.39, 0.29) is 0 Å². The zero-order valence-corrected chi connectivity index (χ0v) is 13.7. The number of benzene rings is 1. The Balaban J connectivity index is 0.000000196. The molecule has 3 nitrogen and oxygen atoms in total. The van der Waals surface area contributed by atoms with Gasteiger partial charge in [-0.15, -0.1) is 0 Å². The van der Waals surface area contributed by atoms with Crippen LogP contribution in [0.1, 0.15) is 45.1 Å². The van der Waals surface area contributed by atoms with Crippen LogP contribution in [0.25, 0.3) is 10.9 Å². The minimum absolute atomic E-state index is 0.706.